The minimum atomic E-state index is -0.556. The van der Waals surface area contributed by atoms with Crippen LogP contribution in [0, 0.1) is 0 Å². The molecule has 0 aromatic carbocycles. The van der Waals surface area contributed by atoms with Crippen molar-refractivity contribution in [3.63, 3.8) is 0 Å². The Morgan fingerprint density at radius 2 is 2.30 bits per heavy atom. The normalized spacial score (nSPS) is 24.7. The minimum absolute atomic E-state index is 0. The maximum atomic E-state index is 13.0. The molecule has 2 N–H and O–H groups in total. The van der Waals surface area contributed by atoms with Crippen molar-refractivity contribution in [3.05, 3.63) is 18.5 Å². The van der Waals surface area contributed by atoms with E-state index in [0.29, 0.717) is 6.10 Å². The molecule has 2 atom stereocenters. The van der Waals surface area contributed by atoms with Crippen molar-refractivity contribution in [1.82, 2.24) is 20.4 Å². The van der Waals surface area contributed by atoms with Crippen LogP contribution in [0.5, 0.6) is 0 Å². The molecule has 2 fully saturated rings. The van der Waals surface area contributed by atoms with Crippen molar-refractivity contribution >= 4 is 18.3 Å². The lowest BCUT2D eigenvalue weighted by Crippen LogP contribution is -2.56. The molecule has 2 unspecified atom stereocenters. The Kier molecular flexibility index (Phi) is 6.44. The van der Waals surface area contributed by atoms with Gasteiger partial charge in [-0.3, -0.25) is 9.48 Å². The number of rotatable bonds is 5. The van der Waals surface area contributed by atoms with Gasteiger partial charge in [0, 0.05) is 25.0 Å². The lowest BCUT2D eigenvalue weighted by Gasteiger charge is -2.37. The minimum Gasteiger partial charge on any atom is -0.378 e. The summed E-state index contributed by atoms with van der Waals surface area (Å²) < 4.78 is 7.50. The molecule has 3 heterocycles. The van der Waals surface area contributed by atoms with E-state index in [1.807, 2.05) is 16.9 Å². The molecule has 1 aromatic heterocycles. The van der Waals surface area contributed by atoms with Gasteiger partial charge in [0.05, 0.1) is 6.10 Å². The number of nitrogens with one attached hydrogen (secondary N) is 2. The summed E-state index contributed by atoms with van der Waals surface area (Å²) in [5, 5.41) is 10.9. The molecular weight excluding hydrogens is 316 g/mol. The Labute approximate surface area is 143 Å². The van der Waals surface area contributed by atoms with Gasteiger partial charge in [-0.25, -0.2) is 0 Å². The summed E-state index contributed by atoms with van der Waals surface area (Å²) in [5.41, 5.74) is -0.556. The van der Waals surface area contributed by atoms with Crippen LogP contribution in [0.2, 0.25) is 0 Å². The third-order valence-electron chi connectivity index (χ3n) is 4.81. The maximum absolute atomic E-state index is 13.0. The first-order chi connectivity index (χ1) is 10.7. The van der Waals surface area contributed by atoms with E-state index in [-0.39, 0.29) is 24.4 Å². The molecule has 0 spiro atoms. The average molecular weight is 343 g/mol. The van der Waals surface area contributed by atoms with Gasteiger partial charge in [0.25, 0.3) is 0 Å². The fourth-order valence-electron chi connectivity index (χ4n) is 3.56. The Balaban J connectivity index is 0.00000192. The number of carbonyl (C=O) groups is 1. The first kappa shape index (κ1) is 18.2. The van der Waals surface area contributed by atoms with Gasteiger partial charge in [-0.05, 0) is 58.2 Å². The molecule has 1 aromatic rings. The van der Waals surface area contributed by atoms with Crippen LogP contribution in [0.3, 0.4) is 0 Å². The predicted molar refractivity (Wildman–Crippen MR) is 90.7 cm³/mol. The molecule has 0 bridgehead atoms. The molecule has 0 radical (unpaired) electrons. The third kappa shape index (κ3) is 4.05. The summed E-state index contributed by atoms with van der Waals surface area (Å²) in [5.74, 6) is 0.0863. The van der Waals surface area contributed by atoms with Crippen molar-refractivity contribution in [3.8, 4) is 0 Å². The second kappa shape index (κ2) is 8.13. The molecule has 0 saturated carbocycles. The fourth-order valence-corrected chi connectivity index (χ4v) is 3.56. The monoisotopic (exact) mass is 342 g/mol. The van der Waals surface area contributed by atoms with Crippen molar-refractivity contribution < 1.29 is 9.53 Å². The Bertz CT molecular complexity index is 482. The van der Waals surface area contributed by atoms with E-state index in [2.05, 4.69) is 22.7 Å². The first-order valence-electron chi connectivity index (χ1n) is 8.34. The number of hydrogen-bond acceptors (Lipinski definition) is 4. The van der Waals surface area contributed by atoms with Crippen LogP contribution in [-0.2, 0) is 15.1 Å². The summed E-state index contributed by atoms with van der Waals surface area (Å²) in [4.78, 5) is 13.0. The molecule has 7 heteroatoms. The van der Waals surface area contributed by atoms with Crippen LogP contribution in [-0.4, -0.2) is 47.5 Å². The number of aromatic nitrogens is 2. The van der Waals surface area contributed by atoms with Crippen LogP contribution < -0.4 is 10.6 Å². The summed E-state index contributed by atoms with van der Waals surface area (Å²) in [7, 11) is 0. The maximum Gasteiger partial charge on any atom is 0.248 e. The summed E-state index contributed by atoms with van der Waals surface area (Å²) in [6.45, 7) is 4.60. The molecule has 6 nitrogen and oxygen atoms in total. The Hall–Kier alpha value is -1.11. The largest absolute Gasteiger partial charge is 0.378 e. The van der Waals surface area contributed by atoms with Gasteiger partial charge in [-0.2, -0.15) is 5.10 Å². The van der Waals surface area contributed by atoms with Gasteiger partial charge in [0.2, 0.25) is 5.91 Å². The van der Waals surface area contributed by atoms with E-state index in [1.165, 1.54) is 0 Å². The zero-order chi connectivity index (χ0) is 15.4. The van der Waals surface area contributed by atoms with E-state index in [9.17, 15) is 4.79 Å². The highest BCUT2D eigenvalue weighted by atomic mass is 35.5. The van der Waals surface area contributed by atoms with E-state index in [0.717, 1.165) is 51.8 Å². The van der Waals surface area contributed by atoms with Gasteiger partial charge in [-0.1, -0.05) is 0 Å². The first-order valence-corrected chi connectivity index (χ1v) is 8.34. The lowest BCUT2D eigenvalue weighted by atomic mass is 9.87. The molecule has 2 aliphatic heterocycles. The van der Waals surface area contributed by atoms with Crippen molar-refractivity contribution in [2.45, 2.75) is 56.7 Å². The van der Waals surface area contributed by atoms with E-state index < -0.39 is 5.54 Å². The number of amides is 1. The summed E-state index contributed by atoms with van der Waals surface area (Å²) in [6.07, 6.45) is 8.61. The highest BCUT2D eigenvalue weighted by molar-refractivity contribution is 5.85. The number of ether oxygens (including phenoxy) is 1. The van der Waals surface area contributed by atoms with Gasteiger partial charge < -0.3 is 15.4 Å². The van der Waals surface area contributed by atoms with E-state index >= 15 is 0 Å². The summed E-state index contributed by atoms with van der Waals surface area (Å²) in [6, 6.07) is 2.00. The van der Waals surface area contributed by atoms with Crippen molar-refractivity contribution in [2.24, 2.45) is 0 Å². The zero-order valence-electron chi connectivity index (χ0n) is 13.7. The van der Waals surface area contributed by atoms with Crippen LogP contribution in [0.1, 0.15) is 39.0 Å². The highest BCUT2D eigenvalue weighted by Gasteiger charge is 2.42. The molecule has 3 rings (SSSR count). The van der Waals surface area contributed by atoms with E-state index in [1.54, 1.807) is 6.20 Å². The van der Waals surface area contributed by atoms with Gasteiger partial charge in [0.15, 0.2) is 0 Å². The lowest BCUT2D eigenvalue weighted by molar-refractivity contribution is -0.132. The Morgan fingerprint density at radius 3 is 2.91 bits per heavy atom. The molecule has 2 saturated heterocycles. The van der Waals surface area contributed by atoms with E-state index in [4.69, 9.17) is 4.74 Å². The molecule has 2 aliphatic rings. The second-order valence-electron chi connectivity index (χ2n) is 6.48. The van der Waals surface area contributed by atoms with Crippen LogP contribution in [0.15, 0.2) is 18.5 Å². The number of hydrogen-bond donors (Lipinski definition) is 2. The number of halogens is 1. The van der Waals surface area contributed by atoms with Crippen molar-refractivity contribution in [1.29, 1.82) is 0 Å². The van der Waals surface area contributed by atoms with Crippen LogP contribution in [0.4, 0.5) is 0 Å². The fraction of sp³-hybridized carbons (Fsp3) is 0.750. The molecule has 23 heavy (non-hydrogen) atoms. The third-order valence-corrected chi connectivity index (χ3v) is 4.81. The van der Waals surface area contributed by atoms with Crippen LogP contribution >= 0.6 is 12.4 Å². The van der Waals surface area contributed by atoms with Crippen LogP contribution in [0.25, 0.3) is 0 Å². The van der Waals surface area contributed by atoms with Gasteiger partial charge >= 0.3 is 0 Å². The van der Waals surface area contributed by atoms with Crippen molar-refractivity contribution in [2.75, 3.05) is 19.7 Å². The quantitative estimate of drug-likeness (QED) is 0.850. The number of carbonyl (C=O) groups excluding carboxylic acids is 1. The number of nitrogens with zero attached hydrogens (tertiary/aromatic N) is 2. The predicted octanol–water partition coefficient (Wildman–Crippen LogP) is 1.46. The highest BCUT2D eigenvalue weighted by Crippen LogP contribution is 2.27. The zero-order valence-corrected chi connectivity index (χ0v) is 14.5. The Morgan fingerprint density at radius 1 is 1.52 bits per heavy atom. The molecule has 130 valence electrons. The molecule has 1 amide bonds. The topological polar surface area (TPSA) is 68.2 Å². The summed E-state index contributed by atoms with van der Waals surface area (Å²) >= 11 is 0. The second-order valence-corrected chi connectivity index (χ2v) is 6.48. The van der Waals surface area contributed by atoms with Gasteiger partial charge in [-0.15, -0.1) is 12.4 Å². The smallest absolute Gasteiger partial charge is 0.248 e. The standard InChI is InChI=1S/C16H26N4O2.ClH/c1-13(12-14-4-2-11-22-14)19-15(21)16(5-8-17-9-6-16)20-10-3-7-18-20;/h3,7,10,13-14,17H,2,4-6,8-9,11-12H2,1H3,(H,19,21);1H. The average Bonchev–Trinajstić information content (AvgIpc) is 3.21. The number of piperidine rings is 1. The molecule has 0 aliphatic carbocycles. The van der Waals surface area contributed by atoms with Gasteiger partial charge in [0.1, 0.15) is 5.54 Å². The SMILES string of the molecule is CC(CC1CCCO1)NC(=O)C1(n2cccn2)CCNCC1.Cl. The molecular formula is C16H27ClN4O2.